The summed E-state index contributed by atoms with van der Waals surface area (Å²) in [7, 11) is 2.08. The first-order chi connectivity index (χ1) is 20.8. The highest BCUT2D eigenvalue weighted by Crippen LogP contribution is 2.40. The SMILES string of the molecule is [C-]#[N+]C[C@H]1CN(c2nc(OC[C@@H]3CCCN3C)nc3cc(-c4cccc5c4CCCS5)c(F)cc23)CCN1C(=O)C(=C)F. The number of amides is 1. The van der Waals surface area contributed by atoms with E-state index in [1.54, 1.807) is 17.8 Å². The Balaban J connectivity index is 1.41. The number of likely N-dealkylation sites (N-methyl/N-ethyl adjacent to an activating group) is 1. The Morgan fingerprint density at radius 2 is 2.05 bits per heavy atom. The molecule has 0 unspecified atom stereocenters. The molecule has 6 rings (SSSR count). The van der Waals surface area contributed by atoms with Gasteiger partial charge in [0.1, 0.15) is 24.3 Å². The van der Waals surface area contributed by atoms with Crippen molar-refractivity contribution in [1.82, 2.24) is 19.8 Å². The summed E-state index contributed by atoms with van der Waals surface area (Å²) in [5.74, 6) is -0.721. The third kappa shape index (κ3) is 5.91. The smallest absolute Gasteiger partial charge is 0.319 e. The zero-order valence-electron chi connectivity index (χ0n) is 24.2. The van der Waals surface area contributed by atoms with E-state index in [1.165, 1.54) is 15.9 Å². The van der Waals surface area contributed by atoms with Crippen molar-refractivity contribution in [2.75, 3.05) is 57.0 Å². The maximum atomic E-state index is 16.0. The molecular weight excluding hydrogens is 570 g/mol. The van der Waals surface area contributed by atoms with Crippen LogP contribution in [0.1, 0.15) is 24.8 Å². The molecule has 0 bridgehead atoms. The van der Waals surface area contributed by atoms with Gasteiger partial charge >= 0.3 is 6.01 Å². The largest absolute Gasteiger partial charge is 0.462 e. The summed E-state index contributed by atoms with van der Waals surface area (Å²) in [6.45, 7) is 12.7. The maximum absolute atomic E-state index is 16.0. The minimum atomic E-state index is -1.06. The minimum Gasteiger partial charge on any atom is -0.462 e. The molecular formula is C32H34F2N6O2S. The summed E-state index contributed by atoms with van der Waals surface area (Å²) in [5.41, 5.74) is 3.06. The lowest BCUT2D eigenvalue weighted by atomic mass is 9.95. The normalized spacial score (nSPS) is 20.6. The van der Waals surface area contributed by atoms with Crippen molar-refractivity contribution in [2.45, 2.75) is 42.7 Å². The highest BCUT2D eigenvalue weighted by Gasteiger charge is 2.35. The Labute approximate surface area is 254 Å². The van der Waals surface area contributed by atoms with Crippen molar-refractivity contribution in [3.05, 3.63) is 65.5 Å². The second-order valence-corrected chi connectivity index (χ2v) is 12.5. The average molecular weight is 605 g/mol. The molecule has 2 fully saturated rings. The number of carbonyl (C=O) groups excluding carboxylic acids is 1. The van der Waals surface area contributed by atoms with Crippen LogP contribution in [0.5, 0.6) is 6.01 Å². The van der Waals surface area contributed by atoms with Gasteiger partial charge in [0.25, 0.3) is 5.91 Å². The van der Waals surface area contributed by atoms with Gasteiger partial charge in [-0.25, -0.2) is 15.4 Å². The predicted molar refractivity (Wildman–Crippen MR) is 165 cm³/mol. The summed E-state index contributed by atoms with van der Waals surface area (Å²) in [6, 6.07) is 9.17. The lowest BCUT2D eigenvalue weighted by molar-refractivity contribution is -0.131. The first-order valence-electron chi connectivity index (χ1n) is 14.7. The highest BCUT2D eigenvalue weighted by molar-refractivity contribution is 7.99. The number of nitrogens with zero attached hydrogens (tertiary/aromatic N) is 6. The van der Waals surface area contributed by atoms with Gasteiger partial charge in [0, 0.05) is 41.5 Å². The number of halogens is 2. The molecule has 2 atom stereocenters. The van der Waals surface area contributed by atoms with Crippen LogP contribution in [0.25, 0.3) is 26.9 Å². The summed E-state index contributed by atoms with van der Waals surface area (Å²) in [5, 5.41) is 0.516. The number of hydrogen-bond donors (Lipinski definition) is 0. The van der Waals surface area contributed by atoms with Crippen LogP contribution in [0.3, 0.4) is 0 Å². The molecule has 3 aliphatic rings. The van der Waals surface area contributed by atoms with E-state index in [0.29, 0.717) is 35.4 Å². The van der Waals surface area contributed by atoms with E-state index in [9.17, 15) is 9.18 Å². The number of aromatic nitrogens is 2. The van der Waals surface area contributed by atoms with E-state index >= 15 is 4.39 Å². The van der Waals surface area contributed by atoms with E-state index in [2.05, 4.69) is 29.4 Å². The predicted octanol–water partition coefficient (Wildman–Crippen LogP) is 5.37. The summed E-state index contributed by atoms with van der Waals surface area (Å²) >= 11 is 1.80. The first-order valence-corrected chi connectivity index (χ1v) is 15.7. The first kappa shape index (κ1) is 29.3. The van der Waals surface area contributed by atoms with Crippen LogP contribution in [0.2, 0.25) is 0 Å². The molecule has 0 aliphatic carbocycles. The topological polar surface area (TPSA) is 66.2 Å². The van der Waals surface area contributed by atoms with Crippen LogP contribution in [-0.4, -0.2) is 89.9 Å². The molecule has 3 aliphatic heterocycles. The van der Waals surface area contributed by atoms with E-state index < -0.39 is 17.8 Å². The molecule has 4 heterocycles. The number of fused-ring (bicyclic) bond motifs is 2. The standard InChI is InChI=1S/C32H34F2N6O2S/c1-20(33)31(41)40-13-12-39(18-22(40)17-35-2)30-26-15-27(34)25(23-8-4-10-29-24(23)9-6-14-43-29)16-28(26)36-32(37-30)42-19-21-7-5-11-38(21)3/h4,8,10,15-16,21-22H,1,5-7,9,11-14,17-19H2,3H3/t21-,22-/m0/s1. The fourth-order valence-corrected chi connectivity index (χ4v) is 7.43. The number of piperazine rings is 1. The summed E-state index contributed by atoms with van der Waals surface area (Å²) < 4.78 is 36.0. The summed E-state index contributed by atoms with van der Waals surface area (Å²) in [4.78, 5) is 32.2. The molecule has 0 N–H and O–H groups in total. The quantitative estimate of drug-likeness (QED) is 0.266. The Bertz CT molecular complexity index is 1610. The zero-order chi connectivity index (χ0) is 30.1. The number of hydrogen-bond acceptors (Lipinski definition) is 7. The van der Waals surface area contributed by atoms with E-state index in [4.69, 9.17) is 21.3 Å². The molecule has 224 valence electrons. The molecule has 2 saturated heterocycles. The van der Waals surface area contributed by atoms with Gasteiger partial charge in [-0.15, -0.1) is 11.8 Å². The van der Waals surface area contributed by atoms with Gasteiger partial charge in [0.2, 0.25) is 6.54 Å². The highest BCUT2D eigenvalue weighted by atomic mass is 32.2. The van der Waals surface area contributed by atoms with Gasteiger partial charge in [-0.1, -0.05) is 18.7 Å². The Kier molecular flexibility index (Phi) is 8.50. The van der Waals surface area contributed by atoms with E-state index in [0.717, 1.165) is 49.1 Å². The van der Waals surface area contributed by atoms with Gasteiger partial charge < -0.3 is 24.3 Å². The number of ether oxygens (including phenoxy) is 1. The minimum absolute atomic E-state index is 0.00839. The number of benzene rings is 2. The Morgan fingerprint density at radius 3 is 2.81 bits per heavy atom. The number of thioether (sulfide) groups is 1. The van der Waals surface area contributed by atoms with Crippen LogP contribution in [0, 0.1) is 12.4 Å². The fourth-order valence-electron chi connectivity index (χ4n) is 6.36. The Hall–Kier alpha value is -3.75. The van der Waals surface area contributed by atoms with Crippen LogP contribution in [0.15, 0.2) is 47.6 Å². The molecule has 2 aromatic carbocycles. The molecule has 1 aromatic heterocycles. The molecule has 43 heavy (non-hydrogen) atoms. The van der Waals surface area contributed by atoms with Crippen LogP contribution in [0.4, 0.5) is 14.6 Å². The molecule has 0 radical (unpaired) electrons. The van der Waals surface area contributed by atoms with Crippen molar-refractivity contribution in [3.8, 4) is 17.1 Å². The zero-order valence-corrected chi connectivity index (χ0v) is 25.0. The molecule has 11 heteroatoms. The van der Waals surface area contributed by atoms with Crippen LogP contribution >= 0.6 is 11.8 Å². The van der Waals surface area contributed by atoms with Crippen molar-refractivity contribution in [2.24, 2.45) is 0 Å². The molecule has 8 nitrogen and oxygen atoms in total. The monoisotopic (exact) mass is 604 g/mol. The molecule has 0 spiro atoms. The number of likely N-dealkylation sites (tertiary alicyclic amines) is 1. The van der Waals surface area contributed by atoms with E-state index in [-0.39, 0.29) is 37.5 Å². The van der Waals surface area contributed by atoms with E-state index in [1.807, 2.05) is 17.0 Å². The number of carbonyl (C=O) groups is 1. The van der Waals surface area contributed by atoms with Gasteiger partial charge in [-0.05, 0) is 74.4 Å². The second-order valence-electron chi connectivity index (χ2n) is 11.3. The Morgan fingerprint density at radius 1 is 1.19 bits per heavy atom. The maximum Gasteiger partial charge on any atom is 0.319 e. The second kappa shape index (κ2) is 12.5. The lowest BCUT2D eigenvalue weighted by Gasteiger charge is -2.39. The van der Waals surface area contributed by atoms with Gasteiger partial charge in [0.15, 0.2) is 5.83 Å². The molecule has 0 saturated carbocycles. The fraction of sp³-hybridized carbons (Fsp3) is 0.438. The van der Waals surface area contributed by atoms with Gasteiger partial charge in [-0.2, -0.15) is 9.97 Å². The third-order valence-corrected chi connectivity index (χ3v) is 9.84. The number of anilines is 1. The lowest BCUT2D eigenvalue weighted by Crippen LogP contribution is -2.56. The van der Waals surface area contributed by atoms with Crippen molar-refractivity contribution < 1.29 is 18.3 Å². The third-order valence-electron chi connectivity index (χ3n) is 8.65. The van der Waals surface area contributed by atoms with Crippen molar-refractivity contribution in [1.29, 1.82) is 0 Å². The van der Waals surface area contributed by atoms with Crippen LogP contribution < -0.4 is 9.64 Å². The number of rotatable bonds is 7. The average Bonchev–Trinajstić information content (AvgIpc) is 3.43. The molecule has 3 aromatic rings. The van der Waals surface area contributed by atoms with Crippen molar-refractivity contribution >= 4 is 34.4 Å². The molecule has 1 amide bonds. The van der Waals surface area contributed by atoms with Gasteiger partial charge in [0.05, 0.1) is 5.52 Å². The van der Waals surface area contributed by atoms with Gasteiger partial charge in [-0.3, -0.25) is 4.79 Å². The van der Waals surface area contributed by atoms with Crippen LogP contribution in [-0.2, 0) is 11.2 Å². The van der Waals surface area contributed by atoms with Crippen molar-refractivity contribution in [3.63, 3.8) is 0 Å². The summed E-state index contributed by atoms with van der Waals surface area (Å²) in [6.07, 6.45) is 4.07.